The Morgan fingerprint density at radius 2 is 2.44 bits per heavy atom. The Morgan fingerprint density at radius 1 is 1.62 bits per heavy atom. The molecule has 0 radical (unpaired) electrons. The van der Waals surface area contributed by atoms with Crippen molar-refractivity contribution in [1.29, 1.82) is 0 Å². The second kappa shape index (κ2) is 4.84. The summed E-state index contributed by atoms with van der Waals surface area (Å²) in [5, 5.41) is 8.80. The van der Waals surface area contributed by atoms with E-state index in [0.29, 0.717) is 6.42 Å². The van der Waals surface area contributed by atoms with Crippen molar-refractivity contribution in [3.05, 3.63) is 29.1 Å². The van der Waals surface area contributed by atoms with E-state index in [4.69, 9.17) is 10.8 Å². The van der Waals surface area contributed by atoms with Gasteiger partial charge in [0, 0.05) is 24.6 Å². The monoisotopic (exact) mass is 238 g/mol. The van der Waals surface area contributed by atoms with Crippen molar-refractivity contribution >= 4 is 17.7 Å². The Balaban J connectivity index is 2.24. The van der Waals surface area contributed by atoms with E-state index >= 15 is 0 Å². The number of nitrogens with zero attached hydrogens (tertiary/aromatic N) is 1. The summed E-state index contributed by atoms with van der Waals surface area (Å²) < 4.78 is 0. The second-order valence-electron chi connectivity index (χ2n) is 3.89. The number of carboxylic acids is 1. The number of aliphatic carboxylic acids is 1. The minimum atomic E-state index is -0.956. The van der Waals surface area contributed by atoms with Crippen LogP contribution in [0.5, 0.6) is 0 Å². The van der Waals surface area contributed by atoms with Gasteiger partial charge in [-0.1, -0.05) is 0 Å². The van der Waals surface area contributed by atoms with Crippen LogP contribution in [0.15, 0.2) is 12.4 Å². The van der Waals surface area contributed by atoms with E-state index in [1.165, 1.54) is 11.1 Å². The second-order valence-corrected chi connectivity index (χ2v) is 4.99. The fourth-order valence-corrected chi connectivity index (χ4v) is 2.84. The number of carbonyl (C=O) groups is 1. The average Bonchev–Trinajstić information content (AvgIpc) is 2.29. The molecule has 0 fully saturated rings. The number of thioether (sulfide) groups is 1. The third-order valence-electron chi connectivity index (χ3n) is 2.75. The van der Waals surface area contributed by atoms with Gasteiger partial charge in [-0.15, -0.1) is 0 Å². The van der Waals surface area contributed by atoms with E-state index in [-0.39, 0.29) is 0 Å². The van der Waals surface area contributed by atoms with Crippen molar-refractivity contribution in [3.63, 3.8) is 0 Å². The zero-order valence-corrected chi connectivity index (χ0v) is 9.67. The molecule has 1 aromatic heterocycles. The smallest absolute Gasteiger partial charge is 0.320 e. The van der Waals surface area contributed by atoms with Crippen LogP contribution in [0, 0.1) is 0 Å². The lowest BCUT2D eigenvalue weighted by Gasteiger charge is -2.19. The first-order valence-electron chi connectivity index (χ1n) is 5.19. The number of hydrogen-bond donors (Lipinski definition) is 2. The van der Waals surface area contributed by atoms with Crippen molar-refractivity contribution in [3.8, 4) is 0 Å². The number of rotatable bonds is 3. The molecule has 2 rings (SSSR count). The lowest BCUT2D eigenvalue weighted by Crippen LogP contribution is -2.32. The van der Waals surface area contributed by atoms with Crippen LogP contribution in [-0.2, 0) is 23.4 Å². The van der Waals surface area contributed by atoms with Crippen LogP contribution in [0.4, 0.5) is 0 Å². The number of fused-ring (bicyclic) bond motifs is 1. The Labute approximate surface area is 98.3 Å². The van der Waals surface area contributed by atoms with Gasteiger partial charge in [0.1, 0.15) is 6.04 Å². The van der Waals surface area contributed by atoms with Gasteiger partial charge in [-0.25, -0.2) is 0 Å². The topological polar surface area (TPSA) is 76.2 Å². The van der Waals surface area contributed by atoms with Gasteiger partial charge in [-0.05, 0) is 28.9 Å². The van der Waals surface area contributed by atoms with Gasteiger partial charge in [-0.2, -0.15) is 11.8 Å². The first-order chi connectivity index (χ1) is 7.68. The molecule has 1 aromatic rings. The molecule has 2 heterocycles. The Hall–Kier alpha value is -1.07. The highest BCUT2D eigenvalue weighted by Crippen LogP contribution is 2.26. The maximum absolute atomic E-state index is 10.7. The molecule has 1 aliphatic rings. The van der Waals surface area contributed by atoms with Crippen molar-refractivity contribution in [2.45, 2.75) is 24.6 Å². The SMILES string of the molecule is NC(Cc1cncc2c1CCSC2)C(=O)O. The number of nitrogens with two attached hydrogens (primary N) is 1. The predicted molar refractivity (Wildman–Crippen MR) is 63.4 cm³/mol. The highest BCUT2D eigenvalue weighted by atomic mass is 32.2. The van der Waals surface area contributed by atoms with Gasteiger partial charge < -0.3 is 10.8 Å². The number of hydrogen-bond acceptors (Lipinski definition) is 4. The van der Waals surface area contributed by atoms with Gasteiger partial charge in [0.25, 0.3) is 0 Å². The zero-order valence-electron chi connectivity index (χ0n) is 8.85. The molecule has 3 N–H and O–H groups in total. The third-order valence-corrected chi connectivity index (χ3v) is 3.75. The molecule has 0 saturated heterocycles. The zero-order chi connectivity index (χ0) is 11.5. The molecule has 1 aliphatic heterocycles. The molecule has 0 amide bonds. The average molecular weight is 238 g/mol. The highest BCUT2D eigenvalue weighted by molar-refractivity contribution is 7.98. The van der Waals surface area contributed by atoms with Gasteiger partial charge in [0.15, 0.2) is 0 Å². The van der Waals surface area contributed by atoms with Crippen LogP contribution < -0.4 is 5.73 Å². The van der Waals surface area contributed by atoms with Gasteiger partial charge >= 0.3 is 5.97 Å². The molecular formula is C11H14N2O2S. The van der Waals surface area contributed by atoms with Crippen molar-refractivity contribution < 1.29 is 9.90 Å². The molecule has 86 valence electrons. The lowest BCUT2D eigenvalue weighted by molar-refractivity contribution is -0.138. The number of aromatic nitrogens is 1. The molecule has 1 atom stereocenters. The minimum Gasteiger partial charge on any atom is -0.480 e. The predicted octanol–water partition coefficient (Wildman–Crippen LogP) is 0.825. The highest BCUT2D eigenvalue weighted by Gasteiger charge is 2.18. The summed E-state index contributed by atoms with van der Waals surface area (Å²) in [5.41, 5.74) is 9.03. The molecule has 0 bridgehead atoms. The molecule has 5 heteroatoms. The first-order valence-corrected chi connectivity index (χ1v) is 6.34. The summed E-state index contributed by atoms with van der Waals surface area (Å²) in [4.78, 5) is 14.9. The van der Waals surface area contributed by atoms with Crippen molar-refractivity contribution in [2.75, 3.05) is 5.75 Å². The van der Waals surface area contributed by atoms with Gasteiger partial charge in [0.2, 0.25) is 0 Å². The van der Waals surface area contributed by atoms with Gasteiger partial charge in [0.05, 0.1) is 0 Å². The summed E-state index contributed by atoms with van der Waals surface area (Å²) >= 11 is 1.88. The van der Waals surface area contributed by atoms with Crippen LogP contribution in [0.3, 0.4) is 0 Å². The fourth-order valence-electron chi connectivity index (χ4n) is 1.88. The van der Waals surface area contributed by atoms with E-state index in [1.54, 1.807) is 6.20 Å². The van der Waals surface area contributed by atoms with E-state index in [1.807, 2.05) is 18.0 Å². The standard InChI is InChI=1S/C11H14N2O2S/c12-10(11(14)15)3-7-4-13-5-8-6-16-2-1-9(7)8/h4-5,10H,1-3,6,12H2,(H,14,15). The largest absolute Gasteiger partial charge is 0.480 e. The van der Waals surface area contributed by atoms with E-state index in [9.17, 15) is 4.79 Å². The van der Waals surface area contributed by atoms with Crippen LogP contribution in [0.25, 0.3) is 0 Å². The van der Waals surface area contributed by atoms with E-state index < -0.39 is 12.0 Å². The van der Waals surface area contributed by atoms with Crippen LogP contribution in [-0.4, -0.2) is 27.9 Å². The Morgan fingerprint density at radius 3 is 3.19 bits per heavy atom. The molecule has 16 heavy (non-hydrogen) atoms. The minimum absolute atomic E-state index is 0.371. The molecule has 0 saturated carbocycles. The van der Waals surface area contributed by atoms with Crippen molar-refractivity contribution in [1.82, 2.24) is 4.98 Å². The molecular weight excluding hydrogens is 224 g/mol. The summed E-state index contributed by atoms with van der Waals surface area (Å²) in [5.74, 6) is 1.10. The molecule has 1 unspecified atom stereocenters. The third kappa shape index (κ3) is 2.36. The van der Waals surface area contributed by atoms with Gasteiger partial charge in [-0.3, -0.25) is 9.78 Å². The first kappa shape index (κ1) is 11.4. The summed E-state index contributed by atoms with van der Waals surface area (Å²) in [6, 6.07) is -0.831. The number of pyridine rings is 1. The maximum Gasteiger partial charge on any atom is 0.320 e. The summed E-state index contributed by atoms with van der Waals surface area (Å²) in [6.45, 7) is 0. The molecule has 0 aliphatic carbocycles. The fraction of sp³-hybridized carbons (Fsp3) is 0.455. The molecule has 0 spiro atoms. The Bertz CT molecular complexity index is 409. The normalized spacial score (nSPS) is 16.6. The number of carboxylic acid groups (broad SMARTS) is 1. The molecule has 0 aromatic carbocycles. The summed E-state index contributed by atoms with van der Waals surface area (Å²) in [6.07, 6.45) is 4.98. The maximum atomic E-state index is 10.7. The van der Waals surface area contributed by atoms with Crippen molar-refractivity contribution in [2.24, 2.45) is 5.73 Å². The quantitative estimate of drug-likeness (QED) is 0.815. The van der Waals surface area contributed by atoms with Crippen LogP contribution in [0.2, 0.25) is 0 Å². The van der Waals surface area contributed by atoms with Crippen LogP contribution in [0.1, 0.15) is 16.7 Å². The van der Waals surface area contributed by atoms with E-state index in [0.717, 1.165) is 23.5 Å². The van der Waals surface area contributed by atoms with E-state index in [2.05, 4.69) is 4.98 Å². The molecule has 4 nitrogen and oxygen atoms in total. The lowest BCUT2D eigenvalue weighted by atomic mass is 9.97. The Kier molecular flexibility index (Phi) is 3.46. The summed E-state index contributed by atoms with van der Waals surface area (Å²) in [7, 11) is 0. The van der Waals surface area contributed by atoms with Crippen LogP contribution >= 0.6 is 11.8 Å².